The Kier molecular flexibility index (Phi) is 6.84. The van der Waals surface area contributed by atoms with Crippen molar-refractivity contribution in [3.05, 3.63) is 84.1 Å². The van der Waals surface area contributed by atoms with Crippen molar-refractivity contribution in [3.63, 3.8) is 0 Å². The van der Waals surface area contributed by atoms with Crippen LogP contribution in [0.2, 0.25) is 0 Å². The first-order chi connectivity index (χ1) is 13.7. The van der Waals surface area contributed by atoms with Crippen molar-refractivity contribution < 1.29 is 19.0 Å². The fourth-order valence-corrected chi connectivity index (χ4v) is 2.44. The fraction of sp³-hybridized carbons (Fsp3) is 0.182. The lowest BCUT2D eigenvalue weighted by Gasteiger charge is -2.09. The SMILES string of the molecule is COc1ccc(OCC(=O)NCc2ccnc(OCc3ccccc3)c2)cc1. The molecule has 6 heteroatoms. The first-order valence-electron chi connectivity index (χ1n) is 8.88. The van der Waals surface area contributed by atoms with Gasteiger partial charge in [0.25, 0.3) is 5.91 Å². The predicted octanol–water partition coefficient (Wildman–Crippen LogP) is 3.36. The number of methoxy groups -OCH3 is 1. The molecule has 0 spiro atoms. The minimum absolute atomic E-state index is 0.0607. The summed E-state index contributed by atoms with van der Waals surface area (Å²) < 4.78 is 16.3. The van der Waals surface area contributed by atoms with Gasteiger partial charge in [0.1, 0.15) is 18.1 Å². The molecule has 0 radical (unpaired) electrons. The van der Waals surface area contributed by atoms with Gasteiger partial charge in [-0.3, -0.25) is 4.79 Å². The summed E-state index contributed by atoms with van der Waals surface area (Å²) in [6, 6.07) is 20.6. The second-order valence-corrected chi connectivity index (χ2v) is 6.02. The predicted molar refractivity (Wildman–Crippen MR) is 105 cm³/mol. The zero-order chi connectivity index (χ0) is 19.6. The Morgan fingerprint density at radius 2 is 1.68 bits per heavy atom. The summed E-state index contributed by atoms with van der Waals surface area (Å²) in [4.78, 5) is 16.2. The number of nitrogens with zero attached hydrogens (tertiary/aromatic N) is 1. The fourth-order valence-electron chi connectivity index (χ4n) is 2.44. The molecule has 1 heterocycles. The van der Waals surface area contributed by atoms with Crippen molar-refractivity contribution in [1.29, 1.82) is 0 Å². The second kappa shape index (κ2) is 9.97. The summed E-state index contributed by atoms with van der Waals surface area (Å²) in [5.41, 5.74) is 1.97. The molecule has 0 saturated heterocycles. The van der Waals surface area contributed by atoms with Crippen LogP contribution in [0.25, 0.3) is 0 Å². The molecule has 6 nitrogen and oxygen atoms in total. The van der Waals surface area contributed by atoms with E-state index in [-0.39, 0.29) is 12.5 Å². The van der Waals surface area contributed by atoms with Crippen LogP contribution in [0.1, 0.15) is 11.1 Å². The molecule has 1 N–H and O–H groups in total. The quantitative estimate of drug-likeness (QED) is 0.618. The number of carbonyl (C=O) groups excluding carboxylic acids is 1. The molecule has 2 aromatic carbocycles. The minimum atomic E-state index is -0.209. The average molecular weight is 378 g/mol. The van der Waals surface area contributed by atoms with Gasteiger partial charge in [0.15, 0.2) is 6.61 Å². The number of pyridine rings is 1. The third kappa shape index (κ3) is 6.02. The highest BCUT2D eigenvalue weighted by atomic mass is 16.5. The van der Waals surface area contributed by atoms with Crippen molar-refractivity contribution in [1.82, 2.24) is 10.3 Å². The molecule has 0 atom stereocenters. The van der Waals surface area contributed by atoms with Gasteiger partial charge in [0, 0.05) is 18.8 Å². The van der Waals surface area contributed by atoms with Gasteiger partial charge in [-0.1, -0.05) is 30.3 Å². The van der Waals surface area contributed by atoms with Crippen LogP contribution in [-0.2, 0) is 17.9 Å². The molecular formula is C22H22N2O4. The van der Waals surface area contributed by atoms with E-state index in [4.69, 9.17) is 14.2 Å². The first-order valence-corrected chi connectivity index (χ1v) is 8.88. The van der Waals surface area contributed by atoms with Gasteiger partial charge in [0.2, 0.25) is 5.88 Å². The third-order valence-electron chi connectivity index (χ3n) is 3.95. The summed E-state index contributed by atoms with van der Waals surface area (Å²) in [5, 5.41) is 2.82. The summed E-state index contributed by atoms with van der Waals surface area (Å²) in [6.07, 6.45) is 1.66. The van der Waals surface area contributed by atoms with Gasteiger partial charge in [-0.15, -0.1) is 0 Å². The van der Waals surface area contributed by atoms with Crippen LogP contribution < -0.4 is 19.5 Å². The zero-order valence-electron chi connectivity index (χ0n) is 15.6. The molecule has 0 aliphatic rings. The second-order valence-electron chi connectivity index (χ2n) is 6.02. The molecule has 28 heavy (non-hydrogen) atoms. The Bertz CT molecular complexity index is 883. The van der Waals surface area contributed by atoms with Gasteiger partial charge < -0.3 is 19.5 Å². The number of rotatable bonds is 9. The van der Waals surface area contributed by atoms with Gasteiger partial charge in [-0.25, -0.2) is 4.98 Å². The number of carbonyl (C=O) groups is 1. The van der Waals surface area contributed by atoms with Crippen LogP contribution in [0.5, 0.6) is 17.4 Å². The van der Waals surface area contributed by atoms with E-state index in [1.165, 1.54) is 0 Å². The van der Waals surface area contributed by atoms with Crippen molar-refractivity contribution in [2.45, 2.75) is 13.2 Å². The smallest absolute Gasteiger partial charge is 0.258 e. The summed E-state index contributed by atoms with van der Waals surface area (Å²) in [7, 11) is 1.60. The van der Waals surface area contributed by atoms with Crippen LogP contribution in [-0.4, -0.2) is 24.6 Å². The van der Waals surface area contributed by atoms with E-state index in [1.54, 1.807) is 37.6 Å². The largest absolute Gasteiger partial charge is 0.497 e. The number of aromatic nitrogens is 1. The van der Waals surface area contributed by atoms with Gasteiger partial charge in [-0.05, 0) is 41.5 Å². The molecule has 0 saturated carbocycles. The molecule has 3 aromatic rings. The van der Waals surface area contributed by atoms with Crippen LogP contribution in [0.3, 0.4) is 0 Å². The molecule has 144 valence electrons. The van der Waals surface area contributed by atoms with E-state index in [2.05, 4.69) is 10.3 Å². The van der Waals surface area contributed by atoms with E-state index < -0.39 is 0 Å². The minimum Gasteiger partial charge on any atom is -0.497 e. The maximum atomic E-state index is 12.0. The maximum absolute atomic E-state index is 12.0. The van der Waals surface area contributed by atoms with Crippen LogP contribution in [0, 0.1) is 0 Å². The summed E-state index contributed by atoms with van der Waals surface area (Å²) >= 11 is 0. The van der Waals surface area contributed by atoms with E-state index in [0.29, 0.717) is 24.8 Å². The molecule has 1 amide bonds. The van der Waals surface area contributed by atoms with Gasteiger partial charge in [0.05, 0.1) is 7.11 Å². The van der Waals surface area contributed by atoms with Crippen LogP contribution >= 0.6 is 0 Å². The molecular weight excluding hydrogens is 356 g/mol. The molecule has 0 unspecified atom stereocenters. The molecule has 0 aliphatic carbocycles. The standard InChI is InChI=1S/C22H22N2O4/c1-26-19-7-9-20(10-8-19)27-16-21(25)24-14-18-11-12-23-22(13-18)28-15-17-5-3-2-4-6-17/h2-13H,14-16H2,1H3,(H,24,25). The highest BCUT2D eigenvalue weighted by Gasteiger charge is 2.05. The van der Waals surface area contributed by atoms with E-state index in [0.717, 1.165) is 16.9 Å². The average Bonchev–Trinajstić information content (AvgIpc) is 2.76. The monoisotopic (exact) mass is 378 g/mol. The Balaban J connectivity index is 1.43. The Morgan fingerprint density at radius 1 is 0.929 bits per heavy atom. The highest BCUT2D eigenvalue weighted by molar-refractivity contribution is 5.77. The Hall–Kier alpha value is -3.54. The Labute approximate surface area is 164 Å². The third-order valence-corrected chi connectivity index (χ3v) is 3.95. The van der Waals surface area contributed by atoms with Gasteiger partial charge in [-0.2, -0.15) is 0 Å². The summed E-state index contributed by atoms with van der Waals surface area (Å²) in [6.45, 7) is 0.753. The number of benzene rings is 2. The normalized spacial score (nSPS) is 10.2. The lowest BCUT2D eigenvalue weighted by molar-refractivity contribution is -0.123. The van der Waals surface area contributed by atoms with Crippen molar-refractivity contribution in [3.8, 4) is 17.4 Å². The molecule has 0 aliphatic heterocycles. The topological polar surface area (TPSA) is 69.7 Å². The maximum Gasteiger partial charge on any atom is 0.258 e. The summed E-state index contributed by atoms with van der Waals surface area (Å²) in [5.74, 6) is 1.65. The molecule has 0 fully saturated rings. The molecule has 3 rings (SSSR count). The van der Waals surface area contributed by atoms with Crippen molar-refractivity contribution in [2.75, 3.05) is 13.7 Å². The zero-order valence-corrected chi connectivity index (χ0v) is 15.6. The number of ether oxygens (including phenoxy) is 3. The first kappa shape index (κ1) is 19.2. The van der Waals surface area contributed by atoms with Crippen molar-refractivity contribution in [2.24, 2.45) is 0 Å². The lowest BCUT2D eigenvalue weighted by atomic mass is 10.2. The number of amides is 1. The number of nitrogens with one attached hydrogen (secondary N) is 1. The lowest BCUT2D eigenvalue weighted by Crippen LogP contribution is -2.28. The number of hydrogen-bond acceptors (Lipinski definition) is 5. The van der Waals surface area contributed by atoms with Crippen LogP contribution in [0.15, 0.2) is 72.9 Å². The van der Waals surface area contributed by atoms with Gasteiger partial charge >= 0.3 is 0 Å². The van der Waals surface area contributed by atoms with E-state index in [1.807, 2.05) is 42.5 Å². The Morgan fingerprint density at radius 3 is 2.43 bits per heavy atom. The van der Waals surface area contributed by atoms with Crippen molar-refractivity contribution >= 4 is 5.91 Å². The molecule has 0 bridgehead atoms. The highest BCUT2D eigenvalue weighted by Crippen LogP contribution is 2.17. The number of hydrogen-bond donors (Lipinski definition) is 1. The van der Waals surface area contributed by atoms with E-state index in [9.17, 15) is 4.79 Å². The van der Waals surface area contributed by atoms with Crippen LogP contribution in [0.4, 0.5) is 0 Å². The van der Waals surface area contributed by atoms with E-state index >= 15 is 0 Å². The molecule has 1 aromatic heterocycles.